The maximum absolute atomic E-state index is 4.53. The third kappa shape index (κ3) is 4.31. The molecule has 1 aromatic heterocycles. The number of guanidine groups is 1. The Kier molecular flexibility index (Phi) is 5.55. The van der Waals surface area contributed by atoms with Crippen LogP contribution in [0.15, 0.2) is 23.2 Å². The zero-order chi connectivity index (χ0) is 16.1. The van der Waals surface area contributed by atoms with E-state index in [4.69, 9.17) is 0 Å². The number of hydrogen-bond acceptors (Lipinski definition) is 3. The highest BCUT2D eigenvalue weighted by molar-refractivity contribution is 7.11. The summed E-state index contributed by atoms with van der Waals surface area (Å²) in [6, 6.07) is 6.51. The van der Waals surface area contributed by atoms with Crippen molar-refractivity contribution in [2.24, 2.45) is 4.99 Å². The number of aromatic nitrogens is 1. The van der Waals surface area contributed by atoms with Crippen LogP contribution >= 0.6 is 11.3 Å². The number of aliphatic imine (C=N–C) groups is 1. The lowest BCUT2D eigenvalue weighted by molar-refractivity contribution is 0.800. The van der Waals surface area contributed by atoms with Crippen LogP contribution in [0.4, 0.5) is 0 Å². The van der Waals surface area contributed by atoms with Gasteiger partial charge in [0.1, 0.15) is 5.01 Å². The first-order chi connectivity index (χ1) is 10.5. The summed E-state index contributed by atoms with van der Waals surface area (Å²) in [5, 5.41) is 7.76. The molecule has 2 N–H and O–H groups in total. The molecule has 0 aliphatic rings. The molecule has 4 nitrogen and oxygen atoms in total. The highest BCUT2D eigenvalue weighted by Crippen LogP contribution is 2.16. The minimum absolute atomic E-state index is 0.700. The van der Waals surface area contributed by atoms with E-state index in [2.05, 4.69) is 59.6 Å². The lowest BCUT2D eigenvalue weighted by Gasteiger charge is -2.12. The Labute approximate surface area is 136 Å². The highest BCUT2D eigenvalue weighted by Gasteiger charge is 2.05. The fraction of sp³-hybridized carbons (Fsp3) is 0.412. The molecule has 0 spiro atoms. The van der Waals surface area contributed by atoms with Crippen LogP contribution in [0.5, 0.6) is 0 Å². The van der Waals surface area contributed by atoms with Crippen molar-refractivity contribution in [2.45, 2.75) is 40.8 Å². The zero-order valence-corrected chi connectivity index (χ0v) is 14.8. The number of benzene rings is 1. The average molecular weight is 316 g/mol. The Morgan fingerprint density at radius 1 is 1.14 bits per heavy atom. The van der Waals surface area contributed by atoms with E-state index in [0.29, 0.717) is 6.54 Å². The maximum Gasteiger partial charge on any atom is 0.191 e. The highest BCUT2D eigenvalue weighted by atomic mass is 32.1. The van der Waals surface area contributed by atoms with E-state index in [1.807, 2.05) is 6.92 Å². The van der Waals surface area contributed by atoms with Crippen molar-refractivity contribution in [1.82, 2.24) is 15.6 Å². The molecule has 0 atom stereocenters. The summed E-state index contributed by atoms with van der Waals surface area (Å²) in [5.74, 6) is 0.797. The first-order valence-corrected chi connectivity index (χ1v) is 8.25. The number of thiazole rings is 1. The van der Waals surface area contributed by atoms with Gasteiger partial charge in [-0.2, -0.15) is 0 Å². The lowest BCUT2D eigenvalue weighted by Crippen LogP contribution is -2.36. The van der Waals surface area contributed by atoms with E-state index in [-0.39, 0.29) is 0 Å². The predicted molar refractivity (Wildman–Crippen MR) is 94.5 cm³/mol. The van der Waals surface area contributed by atoms with Crippen molar-refractivity contribution >= 4 is 17.3 Å². The second kappa shape index (κ2) is 7.40. The minimum Gasteiger partial charge on any atom is -0.352 e. The molecule has 5 heteroatoms. The Hall–Kier alpha value is -1.88. The van der Waals surface area contributed by atoms with E-state index in [0.717, 1.165) is 23.2 Å². The van der Waals surface area contributed by atoms with Gasteiger partial charge in [0.2, 0.25) is 0 Å². The molecule has 0 unspecified atom stereocenters. The van der Waals surface area contributed by atoms with E-state index in [9.17, 15) is 0 Å². The van der Waals surface area contributed by atoms with Crippen LogP contribution < -0.4 is 10.6 Å². The molecular weight excluding hydrogens is 292 g/mol. The van der Waals surface area contributed by atoms with Crippen LogP contribution in [0.3, 0.4) is 0 Å². The van der Waals surface area contributed by atoms with Gasteiger partial charge in [0.05, 0.1) is 12.2 Å². The number of aryl methyl sites for hydroxylation is 4. The van der Waals surface area contributed by atoms with Gasteiger partial charge in [-0.05, 0) is 38.8 Å². The van der Waals surface area contributed by atoms with Crippen molar-refractivity contribution in [3.05, 3.63) is 50.5 Å². The average Bonchev–Trinajstić information content (AvgIpc) is 2.79. The van der Waals surface area contributed by atoms with Gasteiger partial charge in [-0.25, -0.2) is 4.98 Å². The molecule has 1 heterocycles. The number of rotatable bonds is 4. The van der Waals surface area contributed by atoms with Gasteiger partial charge in [-0.1, -0.05) is 23.8 Å². The molecule has 2 aromatic rings. The molecule has 0 amide bonds. The summed E-state index contributed by atoms with van der Waals surface area (Å²) in [6.45, 7) is 9.87. The smallest absolute Gasteiger partial charge is 0.191 e. The molecule has 22 heavy (non-hydrogen) atoms. The third-order valence-electron chi connectivity index (χ3n) is 3.65. The van der Waals surface area contributed by atoms with Crippen molar-refractivity contribution in [3.8, 4) is 0 Å². The van der Waals surface area contributed by atoms with Crippen molar-refractivity contribution in [1.29, 1.82) is 0 Å². The summed E-state index contributed by atoms with van der Waals surface area (Å²) in [5.41, 5.74) is 4.99. The Balaban J connectivity index is 1.90. The molecule has 0 aliphatic heterocycles. The fourth-order valence-electron chi connectivity index (χ4n) is 2.22. The maximum atomic E-state index is 4.53. The second-order valence-electron chi connectivity index (χ2n) is 5.46. The SMILES string of the molecule is CN=C(NCc1nc(C)c(C)s1)NCc1ccc(C)cc1C. The second-order valence-corrected chi connectivity index (χ2v) is 6.75. The monoisotopic (exact) mass is 316 g/mol. The molecule has 2 rings (SSSR count). The Morgan fingerprint density at radius 2 is 1.86 bits per heavy atom. The molecule has 1 aromatic carbocycles. The van der Waals surface area contributed by atoms with Gasteiger partial charge >= 0.3 is 0 Å². The van der Waals surface area contributed by atoms with Crippen LogP contribution in [0.25, 0.3) is 0 Å². The predicted octanol–water partition coefficient (Wildman–Crippen LogP) is 3.24. The molecule has 0 saturated heterocycles. The van der Waals surface area contributed by atoms with Crippen LogP contribution in [0.2, 0.25) is 0 Å². The third-order valence-corrected chi connectivity index (χ3v) is 4.72. The van der Waals surface area contributed by atoms with E-state index in [1.165, 1.54) is 21.6 Å². The summed E-state index contributed by atoms with van der Waals surface area (Å²) >= 11 is 1.73. The summed E-state index contributed by atoms with van der Waals surface area (Å²) in [4.78, 5) is 10.1. The van der Waals surface area contributed by atoms with Crippen LogP contribution in [0.1, 0.15) is 32.3 Å². The van der Waals surface area contributed by atoms with Crippen molar-refractivity contribution < 1.29 is 0 Å². The van der Waals surface area contributed by atoms with E-state index < -0.39 is 0 Å². The van der Waals surface area contributed by atoms with Crippen molar-refractivity contribution in [3.63, 3.8) is 0 Å². The molecular formula is C17H24N4S. The normalized spacial score (nSPS) is 11.6. The fourth-order valence-corrected chi connectivity index (χ4v) is 3.09. The molecule has 0 aliphatic carbocycles. The lowest BCUT2D eigenvalue weighted by atomic mass is 10.1. The van der Waals surface area contributed by atoms with Gasteiger partial charge in [0, 0.05) is 18.5 Å². The molecule has 118 valence electrons. The molecule has 0 saturated carbocycles. The molecule has 0 bridgehead atoms. The van der Waals surface area contributed by atoms with Crippen LogP contribution in [-0.2, 0) is 13.1 Å². The first kappa shape index (κ1) is 16.5. The van der Waals surface area contributed by atoms with Crippen LogP contribution in [0, 0.1) is 27.7 Å². The largest absolute Gasteiger partial charge is 0.352 e. The van der Waals surface area contributed by atoms with Gasteiger partial charge in [-0.3, -0.25) is 4.99 Å². The van der Waals surface area contributed by atoms with Gasteiger partial charge in [0.15, 0.2) is 5.96 Å². The molecule has 0 fully saturated rings. The summed E-state index contributed by atoms with van der Waals surface area (Å²) in [7, 11) is 1.79. The van der Waals surface area contributed by atoms with Gasteiger partial charge in [0.25, 0.3) is 0 Å². The zero-order valence-electron chi connectivity index (χ0n) is 13.9. The number of nitrogens with one attached hydrogen (secondary N) is 2. The number of nitrogens with zero attached hydrogens (tertiary/aromatic N) is 2. The van der Waals surface area contributed by atoms with E-state index in [1.54, 1.807) is 18.4 Å². The Morgan fingerprint density at radius 3 is 2.45 bits per heavy atom. The summed E-state index contributed by atoms with van der Waals surface area (Å²) < 4.78 is 0. The quantitative estimate of drug-likeness (QED) is 0.672. The van der Waals surface area contributed by atoms with Crippen LogP contribution in [-0.4, -0.2) is 18.0 Å². The standard InChI is InChI=1S/C17H24N4S/c1-11-6-7-15(12(2)8-11)9-19-17(18-5)20-10-16-21-13(3)14(4)22-16/h6-8H,9-10H2,1-5H3,(H2,18,19,20). The van der Waals surface area contributed by atoms with Gasteiger partial charge in [-0.15, -0.1) is 11.3 Å². The molecule has 0 radical (unpaired) electrons. The minimum atomic E-state index is 0.700. The van der Waals surface area contributed by atoms with Crippen molar-refractivity contribution in [2.75, 3.05) is 7.05 Å². The van der Waals surface area contributed by atoms with Gasteiger partial charge < -0.3 is 10.6 Å². The van der Waals surface area contributed by atoms with E-state index >= 15 is 0 Å². The summed E-state index contributed by atoms with van der Waals surface area (Å²) in [6.07, 6.45) is 0. The topological polar surface area (TPSA) is 49.3 Å². The first-order valence-electron chi connectivity index (χ1n) is 7.43. The Bertz CT molecular complexity index is 654. The number of hydrogen-bond donors (Lipinski definition) is 2.